The Labute approximate surface area is 339 Å². The number of benzene rings is 4. The summed E-state index contributed by atoms with van der Waals surface area (Å²) in [4.78, 5) is 42.4. The van der Waals surface area contributed by atoms with Gasteiger partial charge in [-0.2, -0.15) is 0 Å². The number of hydrogen-bond donors (Lipinski definition) is 5. The number of phenols is 2. The highest BCUT2D eigenvalue weighted by atomic mass is 16.6. The van der Waals surface area contributed by atoms with Gasteiger partial charge in [0.15, 0.2) is 5.60 Å². The number of piperazine rings is 1. The van der Waals surface area contributed by atoms with E-state index in [9.17, 15) is 34.9 Å². The second-order valence-corrected chi connectivity index (χ2v) is 16.8. The molecule has 59 heavy (non-hydrogen) atoms. The summed E-state index contributed by atoms with van der Waals surface area (Å²) < 4.78 is 24.0. The van der Waals surface area contributed by atoms with Gasteiger partial charge in [0.1, 0.15) is 34.9 Å². The predicted molar refractivity (Wildman–Crippen MR) is 209 cm³/mol. The molecular weight excluding hydrogens is 759 g/mol. The van der Waals surface area contributed by atoms with Gasteiger partial charge in [0.05, 0.1) is 29.5 Å². The topological polar surface area (TPSA) is 197 Å². The fourth-order valence-electron chi connectivity index (χ4n) is 10.9. The van der Waals surface area contributed by atoms with Crippen molar-refractivity contribution in [1.29, 1.82) is 0 Å². The van der Waals surface area contributed by atoms with E-state index < -0.39 is 35.2 Å². The van der Waals surface area contributed by atoms with E-state index in [2.05, 4.69) is 10.5 Å². The number of oxime groups is 1. The summed E-state index contributed by atoms with van der Waals surface area (Å²) in [6, 6.07) is 19.1. The van der Waals surface area contributed by atoms with E-state index in [-0.39, 0.29) is 64.4 Å². The Bertz CT molecular complexity index is 2410. The van der Waals surface area contributed by atoms with Crippen LogP contribution in [0, 0.1) is 17.3 Å². The van der Waals surface area contributed by atoms with Crippen molar-refractivity contribution in [3.63, 3.8) is 0 Å². The van der Waals surface area contributed by atoms with Crippen LogP contribution in [0.3, 0.4) is 0 Å². The van der Waals surface area contributed by atoms with E-state index in [1.54, 1.807) is 36.4 Å². The van der Waals surface area contributed by atoms with Crippen molar-refractivity contribution in [1.82, 2.24) is 10.2 Å². The molecule has 0 unspecified atom stereocenters. The van der Waals surface area contributed by atoms with E-state index in [4.69, 9.17) is 18.9 Å². The van der Waals surface area contributed by atoms with Gasteiger partial charge in [-0.15, -0.1) is 0 Å². The Morgan fingerprint density at radius 1 is 0.932 bits per heavy atom. The van der Waals surface area contributed by atoms with E-state index in [1.165, 1.54) is 30.3 Å². The third-order valence-electron chi connectivity index (χ3n) is 13.7. The Balaban J connectivity index is 0.886. The lowest BCUT2D eigenvalue weighted by atomic mass is 9.55. The lowest BCUT2D eigenvalue weighted by Gasteiger charge is -2.49. The highest BCUT2D eigenvalue weighted by molar-refractivity contribution is 6.03. The van der Waals surface area contributed by atoms with Gasteiger partial charge in [0, 0.05) is 66.0 Å². The minimum atomic E-state index is -1.48. The number of fused-ring (bicyclic) bond motifs is 11. The maximum atomic E-state index is 13.9. The zero-order valence-electron chi connectivity index (χ0n) is 32.2. The summed E-state index contributed by atoms with van der Waals surface area (Å²) in [5, 5.41) is 49.5. The van der Waals surface area contributed by atoms with Crippen molar-refractivity contribution in [2.24, 2.45) is 22.4 Å². The molecule has 6 aliphatic rings. The summed E-state index contributed by atoms with van der Waals surface area (Å²) in [7, 11) is 0. The number of phenolic OH excluding ortho intramolecular Hbond substituents is 2. The van der Waals surface area contributed by atoms with Crippen LogP contribution in [0.25, 0.3) is 0 Å². The molecule has 3 fully saturated rings. The molecule has 4 aromatic rings. The van der Waals surface area contributed by atoms with Crippen LogP contribution in [0.1, 0.15) is 87.1 Å². The molecule has 14 nitrogen and oxygen atoms in total. The molecule has 14 heteroatoms. The van der Waals surface area contributed by atoms with E-state index in [1.807, 2.05) is 17.9 Å². The van der Waals surface area contributed by atoms with Crippen molar-refractivity contribution < 1.29 is 53.9 Å². The quantitative estimate of drug-likeness (QED) is 0.0769. The van der Waals surface area contributed by atoms with Gasteiger partial charge in [0.2, 0.25) is 0 Å². The molecule has 0 aromatic heterocycles. The molecule has 304 valence electrons. The predicted octanol–water partition coefficient (Wildman–Crippen LogP) is 5.16. The summed E-state index contributed by atoms with van der Waals surface area (Å²) in [5.74, 6) is -0.962. The standard InChI is InChI=1S/C45H43N3O11/c1-44-11-10-28-27-6-5-26(56-40(51)22-48-14-12-46-13-15-48)19-30(27)36(47-55)20-29(28)35(44)21-39(41(44)52)58-42(53)23-2-7-32-31(16-23)43(54)59-45(32)33-8-3-24(49)17-37(33)57-38-18-25(50)4-9-34(38)45/h2-9,16-19,28-29,35,39,41,46,49-50,52,55H,10-15,20-22H2,1H3/t28-,29-,35+,39-,41+,44+/m1/s1. The van der Waals surface area contributed by atoms with Gasteiger partial charge in [-0.1, -0.05) is 24.2 Å². The van der Waals surface area contributed by atoms with Crippen molar-refractivity contribution >= 4 is 23.6 Å². The highest BCUT2D eigenvalue weighted by Crippen LogP contribution is 2.62. The summed E-state index contributed by atoms with van der Waals surface area (Å²) in [6.45, 7) is 5.42. The third kappa shape index (κ3) is 5.87. The molecule has 0 radical (unpaired) electrons. The molecule has 6 atom stereocenters. The molecule has 1 spiro atoms. The fourth-order valence-corrected chi connectivity index (χ4v) is 10.9. The Morgan fingerprint density at radius 3 is 2.36 bits per heavy atom. The van der Waals surface area contributed by atoms with Crippen LogP contribution in [-0.4, -0.2) is 94.0 Å². The number of esters is 3. The summed E-state index contributed by atoms with van der Waals surface area (Å²) >= 11 is 0. The van der Waals surface area contributed by atoms with Crippen LogP contribution >= 0.6 is 0 Å². The number of nitrogens with zero attached hydrogens (tertiary/aromatic N) is 2. The maximum Gasteiger partial charge on any atom is 0.340 e. The van der Waals surface area contributed by atoms with Crippen molar-refractivity contribution in [2.45, 2.75) is 56.3 Å². The molecular formula is C45H43N3O11. The molecule has 0 bridgehead atoms. The van der Waals surface area contributed by atoms with E-state index in [0.29, 0.717) is 47.4 Å². The normalized spacial score (nSPS) is 27.9. The number of aromatic hydroxyl groups is 2. The van der Waals surface area contributed by atoms with E-state index >= 15 is 0 Å². The van der Waals surface area contributed by atoms with Crippen LogP contribution in [0.15, 0.2) is 78.0 Å². The first-order chi connectivity index (χ1) is 28.5. The van der Waals surface area contributed by atoms with Crippen LogP contribution in [0.2, 0.25) is 0 Å². The largest absolute Gasteiger partial charge is 0.508 e. The summed E-state index contributed by atoms with van der Waals surface area (Å²) in [6.07, 6.45) is 0.473. The summed E-state index contributed by atoms with van der Waals surface area (Å²) in [5.41, 5.74) is 1.79. The first-order valence-electron chi connectivity index (χ1n) is 20.1. The molecule has 2 saturated carbocycles. The third-order valence-corrected chi connectivity index (χ3v) is 13.7. The van der Waals surface area contributed by atoms with Gasteiger partial charge in [-0.05, 0) is 97.5 Å². The van der Waals surface area contributed by atoms with Gasteiger partial charge in [-0.3, -0.25) is 9.69 Å². The molecule has 3 aliphatic heterocycles. The molecule has 10 rings (SSSR count). The molecule has 5 N–H and O–H groups in total. The fraction of sp³-hybridized carbons (Fsp3) is 0.378. The van der Waals surface area contributed by atoms with Gasteiger partial charge < -0.3 is 44.8 Å². The second kappa shape index (κ2) is 13.8. The number of carbonyl (C=O) groups is 3. The number of rotatable bonds is 5. The Hall–Kier alpha value is -5.96. The zero-order valence-corrected chi connectivity index (χ0v) is 32.2. The van der Waals surface area contributed by atoms with Crippen molar-refractivity contribution in [3.05, 3.63) is 112 Å². The lowest BCUT2D eigenvalue weighted by molar-refractivity contribution is -0.135. The number of hydrogen-bond acceptors (Lipinski definition) is 14. The average Bonchev–Trinajstić information content (AvgIpc) is 3.66. The number of nitrogens with one attached hydrogen (secondary N) is 1. The molecule has 3 heterocycles. The van der Waals surface area contributed by atoms with Gasteiger partial charge >= 0.3 is 17.9 Å². The Morgan fingerprint density at radius 2 is 1.64 bits per heavy atom. The van der Waals surface area contributed by atoms with E-state index in [0.717, 1.165) is 43.7 Å². The first kappa shape index (κ1) is 37.3. The Kier molecular flexibility index (Phi) is 8.74. The zero-order chi connectivity index (χ0) is 40.8. The molecule has 4 aromatic carbocycles. The van der Waals surface area contributed by atoms with Gasteiger partial charge in [0.25, 0.3) is 0 Å². The average molecular weight is 802 g/mol. The number of aliphatic hydroxyl groups excluding tert-OH is 1. The molecule has 0 amide bonds. The van der Waals surface area contributed by atoms with Crippen LogP contribution in [-0.2, 0) is 19.9 Å². The van der Waals surface area contributed by atoms with Crippen LogP contribution < -0.4 is 14.8 Å². The lowest BCUT2D eigenvalue weighted by Crippen LogP contribution is -2.46. The SMILES string of the molecule is C[C@]12CC[C@@H]3c4ccc(OC(=O)CN5CCNCC5)cc4C(=NO)C[C@H]3[C@@H]1C[C@@H](OC(=O)c1ccc3c(c1)C(=O)OC31c3ccc(O)cc3Oc3cc(O)ccc31)[C@@H]2O. The smallest absolute Gasteiger partial charge is 0.340 e. The van der Waals surface area contributed by atoms with Crippen molar-refractivity contribution in [2.75, 3.05) is 32.7 Å². The van der Waals surface area contributed by atoms with Gasteiger partial charge in [-0.25, -0.2) is 9.59 Å². The number of carbonyl (C=O) groups excluding carboxylic acids is 3. The monoisotopic (exact) mass is 801 g/mol. The van der Waals surface area contributed by atoms with Crippen molar-refractivity contribution in [3.8, 4) is 28.7 Å². The minimum Gasteiger partial charge on any atom is -0.508 e. The first-order valence-corrected chi connectivity index (χ1v) is 20.1. The maximum absolute atomic E-state index is 13.9. The number of ether oxygens (including phenoxy) is 4. The van der Waals surface area contributed by atoms with Crippen LogP contribution in [0.4, 0.5) is 0 Å². The molecule has 3 aliphatic carbocycles. The second-order valence-electron chi connectivity index (χ2n) is 16.8. The number of aliphatic hydroxyl groups is 1. The molecule has 1 saturated heterocycles. The highest BCUT2D eigenvalue weighted by Gasteiger charge is 2.60. The van der Waals surface area contributed by atoms with Crippen LogP contribution in [0.5, 0.6) is 28.7 Å². The minimum absolute atomic E-state index is 0.00776.